The van der Waals surface area contributed by atoms with Gasteiger partial charge < -0.3 is 14.6 Å². The van der Waals surface area contributed by atoms with Crippen LogP contribution in [-0.2, 0) is 11.8 Å². The van der Waals surface area contributed by atoms with Crippen molar-refractivity contribution in [3.8, 4) is 11.5 Å². The van der Waals surface area contributed by atoms with E-state index >= 15 is 0 Å². The summed E-state index contributed by atoms with van der Waals surface area (Å²) in [4.78, 5) is 27.5. The van der Waals surface area contributed by atoms with Crippen molar-refractivity contribution in [2.45, 2.75) is 44.6 Å². The molecule has 26 heavy (non-hydrogen) atoms. The number of amides is 2. The molecule has 0 aromatic carbocycles. The Labute approximate surface area is 153 Å². The maximum Gasteiger partial charge on any atom is 0.256 e. The molecule has 2 heterocycles. The first-order valence-electron chi connectivity index (χ1n) is 8.97. The van der Waals surface area contributed by atoms with Gasteiger partial charge >= 0.3 is 0 Å². The first-order valence-corrected chi connectivity index (χ1v) is 8.97. The zero-order chi connectivity index (χ0) is 18.9. The van der Waals surface area contributed by atoms with Gasteiger partial charge in [-0.15, -0.1) is 0 Å². The van der Waals surface area contributed by atoms with Gasteiger partial charge in [-0.1, -0.05) is 19.3 Å². The number of carbonyl (C=O) groups excluding carboxylic acids is 2. The van der Waals surface area contributed by atoms with Crippen molar-refractivity contribution < 1.29 is 14.0 Å². The molecule has 0 bridgehead atoms. The van der Waals surface area contributed by atoms with Crippen LogP contribution in [0.15, 0.2) is 22.7 Å². The summed E-state index contributed by atoms with van der Waals surface area (Å²) in [6.45, 7) is 1.85. The van der Waals surface area contributed by atoms with Gasteiger partial charge in [0.1, 0.15) is 17.0 Å². The van der Waals surface area contributed by atoms with Crippen molar-refractivity contribution in [3.63, 3.8) is 0 Å². The SMILES string of the molecule is Cc1ccc(-c2nn(C)cc2C(=O)NC2(C(=O)N(C)C)CCCCC2)o1. The maximum atomic E-state index is 13.1. The van der Waals surface area contributed by atoms with Gasteiger partial charge in [-0.05, 0) is 31.9 Å². The van der Waals surface area contributed by atoms with Gasteiger partial charge in [0.05, 0.1) is 5.56 Å². The van der Waals surface area contributed by atoms with Gasteiger partial charge in [0.15, 0.2) is 5.76 Å². The number of nitrogens with zero attached hydrogens (tertiary/aromatic N) is 3. The minimum atomic E-state index is -0.842. The number of furan rings is 1. The summed E-state index contributed by atoms with van der Waals surface area (Å²) in [7, 11) is 5.22. The lowest BCUT2D eigenvalue weighted by Crippen LogP contribution is -2.59. The summed E-state index contributed by atoms with van der Waals surface area (Å²) in [5.74, 6) is 0.956. The first-order chi connectivity index (χ1) is 12.3. The third-order valence-corrected chi connectivity index (χ3v) is 4.92. The molecule has 2 aromatic rings. The van der Waals surface area contributed by atoms with Crippen LogP contribution in [0.25, 0.3) is 11.5 Å². The lowest BCUT2D eigenvalue weighted by molar-refractivity contribution is -0.136. The molecule has 1 N–H and O–H groups in total. The molecule has 0 atom stereocenters. The molecule has 1 saturated carbocycles. The first kappa shape index (κ1) is 18.2. The summed E-state index contributed by atoms with van der Waals surface area (Å²) in [6.07, 6.45) is 5.92. The van der Waals surface area contributed by atoms with Crippen molar-refractivity contribution in [1.82, 2.24) is 20.0 Å². The molecule has 7 nitrogen and oxygen atoms in total. The molecular weight excluding hydrogens is 332 g/mol. The Morgan fingerprint density at radius 1 is 1.23 bits per heavy atom. The lowest BCUT2D eigenvalue weighted by Gasteiger charge is -2.38. The van der Waals surface area contributed by atoms with E-state index in [2.05, 4.69) is 10.4 Å². The van der Waals surface area contributed by atoms with E-state index in [9.17, 15) is 9.59 Å². The van der Waals surface area contributed by atoms with Crippen LogP contribution < -0.4 is 5.32 Å². The number of hydrogen-bond donors (Lipinski definition) is 1. The molecular formula is C19H26N4O3. The average molecular weight is 358 g/mol. The molecule has 0 spiro atoms. The normalized spacial score (nSPS) is 16.3. The second kappa shape index (κ2) is 6.97. The predicted octanol–water partition coefficient (Wildman–Crippen LogP) is 2.51. The molecule has 1 aliphatic rings. The largest absolute Gasteiger partial charge is 0.460 e. The maximum absolute atomic E-state index is 13.1. The second-order valence-corrected chi connectivity index (χ2v) is 7.27. The highest BCUT2D eigenvalue weighted by atomic mass is 16.3. The molecule has 1 fully saturated rings. The summed E-state index contributed by atoms with van der Waals surface area (Å²) in [5.41, 5.74) is 0.0603. The minimum absolute atomic E-state index is 0.0511. The Morgan fingerprint density at radius 2 is 1.92 bits per heavy atom. The molecule has 7 heteroatoms. The van der Waals surface area contributed by atoms with Crippen molar-refractivity contribution in [3.05, 3.63) is 29.7 Å². The molecule has 140 valence electrons. The van der Waals surface area contributed by atoms with Gasteiger partial charge in [-0.2, -0.15) is 5.10 Å². The Balaban J connectivity index is 1.92. The monoisotopic (exact) mass is 358 g/mol. The summed E-state index contributed by atoms with van der Waals surface area (Å²) in [5, 5.41) is 7.41. The third-order valence-electron chi connectivity index (χ3n) is 4.92. The standard InChI is InChI=1S/C19H26N4O3/c1-13-8-9-15(26-13)16-14(12-23(4)21-16)17(24)20-19(18(25)22(2)3)10-6-5-7-11-19/h8-9,12H,5-7,10-11H2,1-4H3,(H,20,24). The van der Waals surface area contributed by atoms with E-state index in [1.807, 2.05) is 13.0 Å². The molecule has 2 aromatic heterocycles. The molecule has 0 radical (unpaired) electrons. The smallest absolute Gasteiger partial charge is 0.256 e. The van der Waals surface area contributed by atoms with Crippen LogP contribution in [0.2, 0.25) is 0 Å². The zero-order valence-corrected chi connectivity index (χ0v) is 15.8. The average Bonchev–Trinajstić information content (AvgIpc) is 3.20. The summed E-state index contributed by atoms with van der Waals surface area (Å²) < 4.78 is 7.23. The quantitative estimate of drug-likeness (QED) is 0.911. The number of aryl methyl sites for hydroxylation is 2. The van der Waals surface area contributed by atoms with Gasteiger partial charge in [-0.25, -0.2) is 0 Å². The number of carbonyl (C=O) groups is 2. The van der Waals surface area contributed by atoms with E-state index in [1.54, 1.807) is 43.0 Å². The zero-order valence-electron chi connectivity index (χ0n) is 15.8. The lowest BCUT2D eigenvalue weighted by atomic mass is 9.80. The van der Waals surface area contributed by atoms with E-state index in [0.29, 0.717) is 29.9 Å². The number of likely N-dealkylation sites (N-methyl/N-ethyl adjacent to an activating group) is 1. The van der Waals surface area contributed by atoms with Crippen molar-refractivity contribution in [2.75, 3.05) is 14.1 Å². The topological polar surface area (TPSA) is 80.4 Å². The second-order valence-electron chi connectivity index (χ2n) is 7.27. The Kier molecular flexibility index (Phi) is 4.89. The Bertz CT molecular complexity index is 813. The molecule has 0 saturated heterocycles. The van der Waals surface area contributed by atoms with Crippen LogP contribution in [0.5, 0.6) is 0 Å². The van der Waals surface area contributed by atoms with E-state index in [1.165, 1.54) is 0 Å². The fraction of sp³-hybridized carbons (Fsp3) is 0.526. The van der Waals surface area contributed by atoms with Gasteiger partial charge in [-0.3, -0.25) is 14.3 Å². The minimum Gasteiger partial charge on any atom is -0.460 e. The van der Waals surface area contributed by atoms with Gasteiger partial charge in [0.2, 0.25) is 5.91 Å². The van der Waals surface area contributed by atoms with E-state index < -0.39 is 5.54 Å². The van der Waals surface area contributed by atoms with E-state index in [0.717, 1.165) is 25.0 Å². The number of hydrogen-bond acceptors (Lipinski definition) is 4. The Hall–Kier alpha value is -2.57. The van der Waals surface area contributed by atoms with Crippen LogP contribution in [-0.4, -0.2) is 46.1 Å². The van der Waals surface area contributed by atoms with Crippen LogP contribution in [0.3, 0.4) is 0 Å². The van der Waals surface area contributed by atoms with Crippen LogP contribution in [0, 0.1) is 6.92 Å². The highest BCUT2D eigenvalue weighted by molar-refractivity contribution is 6.02. The summed E-state index contributed by atoms with van der Waals surface area (Å²) in [6, 6.07) is 3.64. The number of rotatable bonds is 4. The van der Waals surface area contributed by atoms with Gasteiger partial charge in [0, 0.05) is 27.3 Å². The molecule has 2 amide bonds. The predicted molar refractivity (Wildman–Crippen MR) is 97.6 cm³/mol. The molecule has 1 aliphatic carbocycles. The Morgan fingerprint density at radius 3 is 2.50 bits per heavy atom. The van der Waals surface area contributed by atoms with Crippen molar-refractivity contribution >= 4 is 11.8 Å². The highest BCUT2D eigenvalue weighted by Crippen LogP contribution is 2.31. The molecule has 0 unspecified atom stereocenters. The third kappa shape index (κ3) is 3.38. The van der Waals surface area contributed by atoms with Crippen molar-refractivity contribution in [2.24, 2.45) is 7.05 Å². The van der Waals surface area contributed by atoms with Crippen LogP contribution in [0.4, 0.5) is 0 Å². The fourth-order valence-electron chi connectivity index (χ4n) is 3.66. The van der Waals surface area contributed by atoms with Crippen LogP contribution >= 0.6 is 0 Å². The number of aromatic nitrogens is 2. The van der Waals surface area contributed by atoms with Gasteiger partial charge in [0.25, 0.3) is 5.91 Å². The molecule has 0 aliphatic heterocycles. The van der Waals surface area contributed by atoms with Crippen LogP contribution in [0.1, 0.15) is 48.2 Å². The van der Waals surface area contributed by atoms with Crippen molar-refractivity contribution in [1.29, 1.82) is 0 Å². The number of nitrogens with one attached hydrogen (secondary N) is 1. The summed E-state index contributed by atoms with van der Waals surface area (Å²) >= 11 is 0. The molecule has 3 rings (SSSR count). The fourth-order valence-corrected chi connectivity index (χ4v) is 3.66. The highest BCUT2D eigenvalue weighted by Gasteiger charge is 2.42. The van der Waals surface area contributed by atoms with E-state index in [-0.39, 0.29) is 11.8 Å². The van der Waals surface area contributed by atoms with E-state index in [4.69, 9.17) is 4.42 Å².